The van der Waals surface area contributed by atoms with Gasteiger partial charge in [-0.15, -0.1) is 0 Å². The number of hydrogen-bond donors (Lipinski definition) is 1. The number of rotatable bonds is 4. The number of benzene rings is 2. The molecule has 2 heteroatoms. The molecule has 2 aromatic carbocycles. The molecule has 0 bridgehead atoms. The van der Waals surface area contributed by atoms with Crippen molar-refractivity contribution >= 4 is 16.5 Å². The van der Waals surface area contributed by atoms with Crippen molar-refractivity contribution < 1.29 is 0 Å². The van der Waals surface area contributed by atoms with Crippen LogP contribution in [0.4, 0.5) is 5.69 Å². The smallest absolute Gasteiger partial charge is 0.0568 e. The Hall–Kier alpha value is -1.54. The highest BCUT2D eigenvalue weighted by Crippen LogP contribution is 2.23. The molecule has 2 aromatic rings. The van der Waals surface area contributed by atoms with E-state index in [9.17, 15) is 0 Å². The molecule has 0 amide bonds. The molecule has 0 aromatic heterocycles. The zero-order chi connectivity index (χ0) is 11.4. The van der Waals surface area contributed by atoms with E-state index in [0.717, 1.165) is 13.1 Å². The van der Waals surface area contributed by atoms with E-state index < -0.39 is 0 Å². The van der Waals surface area contributed by atoms with Crippen molar-refractivity contribution in [3.8, 4) is 0 Å². The Bertz CT molecular complexity index is 456. The lowest BCUT2D eigenvalue weighted by molar-refractivity contribution is 0.368. The number of anilines is 1. The third-order valence-electron chi connectivity index (χ3n) is 2.83. The molecule has 0 spiro atoms. The standard InChI is InChI=1S/C14H18N2/c1-3-16(4-2)15-14-11-7-9-12-8-5-6-10-13(12)14/h5-11,15H,3-4H2,1-2H3. The highest BCUT2D eigenvalue weighted by Gasteiger charge is 2.02. The van der Waals surface area contributed by atoms with Crippen LogP contribution in [0.3, 0.4) is 0 Å². The number of hydrazine groups is 1. The van der Waals surface area contributed by atoms with Crippen LogP contribution in [0, 0.1) is 0 Å². The van der Waals surface area contributed by atoms with E-state index in [1.165, 1.54) is 16.5 Å². The Morgan fingerprint density at radius 3 is 2.38 bits per heavy atom. The maximum Gasteiger partial charge on any atom is 0.0568 e. The van der Waals surface area contributed by atoms with Crippen molar-refractivity contribution in [3.05, 3.63) is 42.5 Å². The monoisotopic (exact) mass is 214 g/mol. The van der Waals surface area contributed by atoms with Gasteiger partial charge in [-0.3, -0.25) is 0 Å². The van der Waals surface area contributed by atoms with Crippen LogP contribution in [-0.2, 0) is 0 Å². The molecule has 16 heavy (non-hydrogen) atoms. The van der Waals surface area contributed by atoms with Crippen molar-refractivity contribution in [1.82, 2.24) is 5.01 Å². The quantitative estimate of drug-likeness (QED) is 0.783. The number of nitrogens with one attached hydrogen (secondary N) is 1. The average Bonchev–Trinajstić information content (AvgIpc) is 2.36. The molecular weight excluding hydrogens is 196 g/mol. The maximum absolute atomic E-state index is 3.45. The van der Waals surface area contributed by atoms with E-state index in [4.69, 9.17) is 0 Å². The predicted octanol–water partition coefficient (Wildman–Crippen LogP) is 3.51. The molecule has 0 aliphatic carbocycles. The second-order valence-corrected chi connectivity index (χ2v) is 3.81. The second kappa shape index (κ2) is 4.99. The van der Waals surface area contributed by atoms with Gasteiger partial charge in [0, 0.05) is 18.5 Å². The van der Waals surface area contributed by atoms with Gasteiger partial charge in [0.2, 0.25) is 0 Å². The number of hydrogen-bond acceptors (Lipinski definition) is 2. The molecule has 1 N–H and O–H groups in total. The van der Waals surface area contributed by atoms with Crippen molar-refractivity contribution in [1.29, 1.82) is 0 Å². The van der Waals surface area contributed by atoms with Crippen LogP contribution in [0.5, 0.6) is 0 Å². The Kier molecular flexibility index (Phi) is 3.42. The summed E-state index contributed by atoms with van der Waals surface area (Å²) in [6, 6.07) is 14.8. The Morgan fingerprint density at radius 1 is 0.938 bits per heavy atom. The molecule has 0 saturated carbocycles. The fourth-order valence-corrected chi connectivity index (χ4v) is 1.87. The Balaban J connectivity index is 2.36. The van der Waals surface area contributed by atoms with Gasteiger partial charge in [-0.2, -0.15) is 0 Å². The lowest BCUT2D eigenvalue weighted by atomic mass is 10.1. The molecule has 0 aliphatic rings. The molecule has 0 saturated heterocycles. The summed E-state index contributed by atoms with van der Waals surface area (Å²) < 4.78 is 0. The van der Waals surface area contributed by atoms with E-state index in [-0.39, 0.29) is 0 Å². The Morgan fingerprint density at radius 2 is 1.62 bits per heavy atom. The molecular formula is C14H18N2. The second-order valence-electron chi connectivity index (χ2n) is 3.81. The van der Waals surface area contributed by atoms with Crippen molar-refractivity contribution in [3.63, 3.8) is 0 Å². The zero-order valence-corrected chi connectivity index (χ0v) is 9.90. The lowest BCUT2D eigenvalue weighted by Gasteiger charge is -2.21. The highest BCUT2D eigenvalue weighted by atomic mass is 15.5. The summed E-state index contributed by atoms with van der Waals surface area (Å²) in [5.41, 5.74) is 4.64. The van der Waals surface area contributed by atoms with Gasteiger partial charge >= 0.3 is 0 Å². The fourth-order valence-electron chi connectivity index (χ4n) is 1.87. The van der Waals surface area contributed by atoms with Crippen LogP contribution in [0.25, 0.3) is 10.8 Å². The summed E-state index contributed by atoms with van der Waals surface area (Å²) in [6.45, 7) is 6.31. The van der Waals surface area contributed by atoms with Crippen LogP contribution in [-0.4, -0.2) is 18.1 Å². The third-order valence-corrected chi connectivity index (χ3v) is 2.83. The Labute approximate surface area is 96.9 Å². The van der Waals surface area contributed by atoms with E-state index in [1.54, 1.807) is 0 Å². The van der Waals surface area contributed by atoms with Gasteiger partial charge in [0.05, 0.1) is 5.69 Å². The van der Waals surface area contributed by atoms with E-state index in [0.29, 0.717) is 0 Å². The van der Waals surface area contributed by atoms with Crippen molar-refractivity contribution in [2.24, 2.45) is 0 Å². The maximum atomic E-state index is 3.45. The molecule has 84 valence electrons. The molecule has 0 unspecified atom stereocenters. The summed E-state index contributed by atoms with van der Waals surface area (Å²) >= 11 is 0. The average molecular weight is 214 g/mol. The normalized spacial score (nSPS) is 10.9. The van der Waals surface area contributed by atoms with Gasteiger partial charge in [0.15, 0.2) is 0 Å². The topological polar surface area (TPSA) is 15.3 Å². The summed E-state index contributed by atoms with van der Waals surface area (Å²) in [7, 11) is 0. The number of nitrogens with zero attached hydrogens (tertiary/aromatic N) is 1. The van der Waals surface area contributed by atoms with Gasteiger partial charge < -0.3 is 5.43 Å². The molecule has 0 atom stereocenters. The summed E-state index contributed by atoms with van der Waals surface area (Å²) in [4.78, 5) is 0. The molecule has 0 radical (unpaired) electrons. The molecule has 2 nitrogen and oxygen atoms in total. The fraction of sp³-hybridized carbons (Fsp3) is 0.286. The van der Waals surface area contributed by atoms with E-state index in [2.05, 4.69) is 66.7 Å². The molecule has 0 fully saturated rings. The van der Waals surface area contributed by atoms with Crippen LogP contribution >= 0.6 is 0 Å². The first-order valence-electron chi connectivity index (χ1n) is 5.84. The van der Waals surface area contributed by atoms with Gasteiger partial charge in [-0.1, -0.05) is 50.2 Å². The highest BCUT2D eigenvalue weighted by molar-refractivity contribution is 5.93. The summed E-state index contributed by atoms with van der Waals surface area (Å²) in [5.74, 6) is 0. The molecule has 0 aliphatic heterocycles. The number of fused-ring (bicyclic) bond motifs is 1. The third kappa shape index (κ3) is 2.17. The SMILES string of the molecule is CCN(CC)Nc1cccc2ccccc12. The van der Waals surface area contributed by atoms with Gasteiger partial charge in [-0.25, -0.2) is 5.01 Å². The first kappa shape index (κ1) is 11.0. The largest absolute Gasteiger partial charge is 0.318 e. The van der Waals surface area contributed by atoms with Crippen LogP contribution in [0.15, 0.2) is 42.5 Å². The van der Waals surface area contributed by atoms with Crippen molar-refractivity contribution in [2.45, 2.75) is 13.8 Å². The van der Waals surface area contributed by atoms with Gasteiger partial charge in [0.1, 0.15) is 0 Å². The molecule has 0 heterocycles. The van der Waals surface area contributed by atoms with Crippen molar-refractivity contribution in [2.75, 3.05) is 18.5 Å². The lowest BCUT2D eigenvalue weighted by Crippen LogP contribution is -2.29. The minimum Gasteiger partial charge on any atom is -0.318 e. The first-order chi connectivity index (χ1) is 7.85. The molecule has 2 rings (SSSR count). The van der Waals surface area contributed by atoms with E-state index >= 15 is 0 Å². The minimum absolute atomic E-state index is 1.000. The van der Waals surface area contributed by atoms with Gasteiger partial charge in [0.25, 0.3) is 0 Å². The van der Waals surface area contributed by atoms with Crippen LogP contribution in [0.2, 0.25) is 0 Å². The minimum atomic E-state index is 1.000. The zero-order valence-electron chi connectivity index (χ0n) is 9.90. The first-order valence-corrected chi connectivity index (χ1v) is 5.84. The summed E-state index contributed by atoms with van der Waals surface area (Å²) in [6.07, 6.45) is 0. The van der Waals surface area contributed by atoms with E-state index in [1.807, 2.05) is 0 Å². The van der Waals surface area contributed by atoms with Crippen LogP contribution in [0.1, 0.15) is 13.8 Å². The summed E-state index contributed by atoms with van der Waals surface area (Å²) in [5, 5.41) is 4.75. The van der Waals surface area contributed by atoms with Gasteiger partial charge in [-0.05, 0) is 11.5 Å². The predicted molar refractivity (Wildman–Crippen MR) is 70.5 cm³/mol. The van der Waals surface area contributed by atoms with Crippen LogP contribution < -0.4 is 5.43 Å².